The van der Waals surface area contributed by atoms with Crippen LogP contribution in [0.15, 0.2) is 43.5 Å². The third-order valence-electron chi connectivity index (χ3n) is 2.65. The lowest BCUT2D eigenvalue weighted by atomic mass is 10.0. The number of nitriles is 1. The summed E-state index contributed by atoms with van der Waals surface area (Å²) in [5, 5.41) is 18.8. The summed E-state index contributed by atoms with van der Waals surface area (Å²) >= 11 is 0. The van der Waals surface area contributed by atoms with Crippen LogP contribution >= 0.6 is 0 Å². The third-order valence-corrected chi connectivity index (χ3v) is 2.65. The Balaban J connectivity index is 3.27. The van der Waals surface area contributed by atoms with Crippen LogP contribution in [0.4, 0.5) is 5.69 Å². The molecule has 0 aliphatic heterocycles. The van der Waals surface area contributed by atoms with Gasteiger partial charge in [-0.3, -0.25) is 0 Å². The molecule has 94 valence electrons. The van der Waals surface area contributed by atoms with Gasteiger partial charge in [-0.2, -0.15) is 5.26 Å². The molecule has 0 saturated heterocycles. The molecule has 3 heteroatoms. The fourth-order valence-corrected chi connectivity index (χ4v) is 1.82. The van der Waals surface area contributed by atoms with E-state index in [1.807, 2.05) is 4.90 Å². The van der Waals surface area contributed by atoms with Crippen molar-refractivity contribution in [2.24, 2.45) is 0 Å². The van der Waals surface area contributed by atoms with Gasteiger partial charge in [0.2, 0.25) is 0 Å². The summed E-state index contributed by atoms with van der Waals surface area (Å²) in [7, 11) is 0. The lowest BCUT2D eigenvalue weighted by Crippen LogP contribution is -2.24. The minimum Gasteiger partial charge on any atom is -0.389 e. The predicted octanol–water partition coefficient (Wildman–Crippen LogP) is 2.79. The van der Waals surface area contributed by atoms with Crippen LogP contribution in [0.2, 0.25) is 0 Å². The van der Waals surface area contributed by atoms with E-state index in [0.717, 1.165) is 11.3 Å². The van der Waals surface area contributed by atoms with Crippen molar-refractivity contribution in [1.82, 2.24) is 0 Å². The molecular formula is C15H18N2O. The zero-order chi connectivity index (χ0) is 13.5. The molecule has 1 aromatic carbocycles. The van der Waals surface area contributed by atoms with Gasteiger partial charge in [-0.15, -0.1) is 13.2 Å². The van der Waals surface area contributed by atoms with Crippen LogP contribution in [0.1, 0.15) is 24.2 Å². The molecule has 1 aromatic rings. The summed E-state index contributed by atoms with van der Waals surface area (Å²) in [6, 6.07) is 7.40. The summed E-state index contributed by atoms with van der Waals surface area (Å²) < 4.78 is 0. The summed E-state index contributed by atoms with van der Waals surface area (Å²) in [6.45, 7) is 10.4. The highest BCUT2D eigenvalue weighted by Gasteiger charge is 2.13. The molecule has 0 spiro atoms. The lowest BCUT2D eigenvalue weighted by Gasteiger charge is -2.25. The molecule has 3 nitrogen and oxygen atoms in total. The Kier molecular flexibility index (Phi) is 5.16. The predicted molar refractivity (Wildman–Crippen MR) is 74.4 cm³/mol. The second-order valence-corrected chi connectivity index (χ2v) is 4.04. The van der Waals surface area contributed by atoms with Crippen molar-refractivity contribution < 1.29 is 5.11 Å². The van der Waals surface area contributed by atoms with Crippen molar-refractivity contribution in [2.45, 2.75) is 13.0 Å². The van der Waals surface area contributed by atoms with Gasteiger partial charge in [-0.25, -0.2) is 0 Å². The zero-order valence-corrected chi connectivity index (χ0v) is 10.6. The van der Waals surface area contributed by atoms with Crippen LogP contribution in [-0.4, -0.2) is 18.2 Å². The maximum absolute atomic E-state index is 9.79. The Hall–Kier alpha value is -2.05. The smallest absolute Gasteiger partial charge is 0.0992 e. The fraction of sp³-hybridized carbons (Fsp3) is 0.267. The number of rotatable bonds is 6. The van der Waals surface area contributed by atoms with Gasteiger partial charge in [0.1, 0.15) is 0 Å². The molecule has 0 aliphatic rings. The highest BCUT2D eigenvalue weighted by molar-refractivity contribution is 5.59. The van der Waals surface area contributed by atoms with Crippen LogP contribution < -0.4 is 4.90 Å². The van der Waals surface area contributed by atoms with Gasteiger partial charge in [-0.1, -0.05) is 18.2 Å². The molecule has 1 atom stereocenters. The fourth-order valence-electron chi connectivity index (χ4n) is 1.82. The third kappa shape index (κ3) is 3.22. The van der Waals surface area contributed by atoms with Crippen LogP contribution in [0.5, 0.6) is 0 Å². The molecule has 0 aliphatic carbocycles. The molecule has 1 N–H and O–H groups in total. The first-order valence-electron chi connectivity index (χ1n) is 5.82. The van der Waals surface area contributed by atoms with Gasteiger partial charge in [0.25, 0.3) is 0 Å². The van der Waals surface area contributed by atoms with Gasteiger partial charge in [0, 0.05) is 24.3 Å². The van der Waals surface area contributed by atoms with E-state index in [1.54, 1.807) is 37.3 Å². The van der Waals surface area contributed by atoms with E-state index in [4.69, 9.17) is 5.26 Å². The maximum Gasteiger partial charge on any atom is 0.0992 e. The van der Waals surface area contributed by atoms with E-state index in [9.17, 15) is 5.11 Å². The highest BCUT2D eigenvalue weighted by Crippen LogP contribution is 2.27. The average Bonchev–Trinajstić information content (AvgIpc) is 2.37. The topological polar surface area (TPSA) is 47.3 Å². The largest absolute Gasteiger partial charge is 0.389 e. The average molecular weight is 242 g/mol. The second-order valence-electron chi connectivity index (χ2n) is 4.04. The monoisotopic (exact) mass is 242 g/mol. The summed E-state index contributed by atoms with van der Waals surface area (Å²) in [6.07, 6.45) is 2.99. The normalized spacial score (nSPS) is 11.4. The van der Waals surface area contributed by atoms with Gasteiger partial charge in [-0.05, 0) is 19.1 Å². The molecule has 0 bridgehead atoms. The van der Waals surface area contributed by atoms with E-state index < -0.39 is 6.10 Å². The first-order valence-corrected chi connectivity index (χ1v) is 5.82. The summed E-state index contributed by atoms with van der Waals surface area (Å²) in [5.41, 5.74) is 2.23. The first kappa shape index (κ1) is 14.0. The van der Waals surface area contributed by atoms with Crippen molar-refractivity contribution in [2.75, 3.05) is 18.0 Å². The van der Waals surface area contributed by atoms with Crippen molar-refractivity contribution in [3.8, 4) is 6.07 Å². The van der Waals surface area contributed by atoms with Gasteiger partial charge in [0.15, 0.2) is 0 Å². The van der Waals surface area contributed by atoms with E-state index in [0.29, 0.717) is 18.7 Å². The molecule has 0 saturated carbocycles. The van der Waals surface area contributed by atoms with Crippen molar-refractivity contribution >= 4 is 5.69 Å². The van der Waals surface area contributed by atoms with E-state index >= 15 is 0 Å². The molecule has 0 fully saturated rings. The highest BCUT2D eigenvalue weighted by atomic mass is 16.3. The minimum absolute atomic E-state index is 0.576. The molecule has 0 aromatic heterocycles. The van der Waals surface area contributed by atoms with Crippen molar-refractivity contribution in [3.63, 3.8) is 0 Å². The van der Waals surface area contributed by atoms with Crippen LogP contribution in [0.3, 0.4) is 0 Å². The second kappa shape index (κ2) is 6.63. The number of benzene rings is 1. The maximum atomic E-state index is 9.79. The van der Waals surface area contributed by atoms with Crippen molar-refractivity contribution in [1.29, 1.82) is 5.26 Å². The van der Waals surface area contributed by atoms with Gasteiger partial charge >= 0.3 is 0 Å². The zero-order valence-electron chi connectivity index (χ0n) is 10.6. The Bertz CT molecular complexity index is 462. The Labute approximate surface area is 108 Å². The molecule has 0 heterocycles. The molecule has 1 rings (SSSR count). The standard InChI is InChI=1S/C15H18N2O/c1-4-8-17(9-5-2)15-10-13(11-16)6-7-14(15)12(3)18/h4-7,10,12,18H,1-2,8-9H2,3H3/t12-/m1/s1. The summed E-state index contributed by atoms with van der Waals surface area (Å²) in [4.78, 5) is 2.02. The number of hydrogen-bond acceptors (Lipinski definition) is 3. The Morgan fingerprint density at radius 1 is 1.39 bits per heavy atom. The number of aliphatic hydroxyl groups is 1. The Morgan fingerprint density at radius 3 is 2.44 bits per heavy atom. The van der Waals surface area contributed by atoms with Gasteiger partial charge in [0.05, 0.1) is 17.7 Å². The van der Waals surface area contributed by atoms with Crippen LogP contribution in [0.25, 0.3) is 0 Å². The number of anilines is 1. The minimum atomic E-state index is -0.579. The van der Waals surface area contributed by atoms with E-state index in [2.05, 4.69) is 19.2 Å². The van der Waals surface area contributed by atoms with Gasteiger partial charge < -0.3 is 10.0 Å². The number of aliphatic hydroxyl groups excluding tert-OH is 1. The van der Waals surface area contributed by atoms with E-state index in [-0.39, 0.29) is 0 Å². The molecule has 18 heavy (non-hydrogen) atoms. The van der Waals surface area contributed by atoms with Crippen LogP contribution in [-0.2, 0) is 0 Å². The summed E-state index contributed by atoms with van der Waals surface area (Å²) in [5.74, 6) is 0. The number of hydrogen-bond donors (Lipinski definition) is 1. The molecule has 0 radical (unpaired) electrons. The SMILES string of the molecule is C=CCN(CC=C)c1cc(C#N)ccc1[C@@H](C)O. The Morgan fingerprint density at radius 2 is 2.00 bits per heavy atom. The quantitative estimate of drug-likeness (QED) is 0.780. The molecule has 0 unspecified atom stereocenters. The molecular weight excluding hydrogens is 224 g/mol. The lowest BCUT2D eigenvalue weighted by molar-refractivity contribution is 0.199. The first-order chi connectivity index (χ1) is 8.63. The van der Waals surface area contributed by atoms with Crippen molar-refractivity contribution in [3.05, 3.63) is 54.6 Å². The number of nitrogens with zero attached hydrogens (tertiary/aromatic N) is 2. The van der Waals surface area contributed by atoms with E-state index in [1.165, 1.54) is 0 Å². The molecule has 0 amide bonds. The van der Waals surface area contributed by atoms with Crippen LogP contribution in [0, 0.1) is 11.3 Å².